The van der Waals surface area contributed by atoms with Crippen molar-refractivity contribution in [2.75, 3.05) is 5.75 Å². The van der Waals surface area contributed by atoms with E-state index in [9.17, 15) is 13.2 Å². The van der Waals surface area contributed by atoms with E-state index in [1.54, 1.807) is 6.07 Å². The fraction of sp³-hybridized carbons (Fsp3) is 0.500. The van der Waals surface area contributed by atoms with Gasteiger partial charge in [-0.25, -0.2) is 18.5 Å². The van der Waals surface area contributed by atoms with Crippen LogP contribution in [0.3, 0.4) is 0 Å². The molecule has 0 fully saturated rings. The maximum absolute atomic E-state index is 12.2. The van der Waals surface area contributed by atoms with E-state index in [1.165, 1.54) is 23.9 Å². The molecule has 2 rings (SSSR count). The van der Waals surface area contributed by atoms with Crippen LogP contribution < -0.4 is 5.14 Å². The van der Waals surface area contributed by atoms with Gasteiger partial charge < -0.3 is 4.57 Å². The molecule has 0 aliphatic heterocycles. The van der Waals surface area contributed by atoms with Gasteiger partial charge in [-0.1, -0.05) is 39.5 Å². The van der Waals surface area contributed by atoms with Crippen LogP contribution in [-0.4, -0.2) is 29.5 Å². The quantitative estimate of drug-likeness (QED) is 0.790. The number of aryl methyl sites for hydroxylation is 1. The molecule has 0 unspecified atom stereocenters. The number of carbonyl (C=O) groups excluding carboxylic acids is 1. The number of hydrogen-bond acceptors (Lipinski definition) is 5. The van der Waals surface area contributed by atoms with Crippen LogP contribution in [-0.2, 0) is 21.4 Å². The first-order valence-corrected chi connectivity index (χ1v) is 10.3. The predicted octanol–water partition coefficient (Wildman–Crippen LogP) is 2.80. The summed E-state index contributed by atoms with van der Waals surface area (Å²) in [6, 6.07) is 4.68. The van der Waals surface area contributed by atoms with Gasteiger partial charge in [-0.05, 0) is 24.6 Å². The molecule has 0 atom stereocenters. The minimum absolute atomic E-state index is 0.0402. The number of aromatic nitrogens is 2. The third-order valence-corrected chi connectivity index (χ3v) is 5.52. The molecule has 0 saturated heterocycles. The number of nitrogens with zero attached hydrogens (tertiary/aromatic N) is 2. The van der Waals surface area contributed by atoms with Crippen LogP contribution in [0.4, 0.5) is 0 Å². The fourth-order valence-corrected chi connectivity index (χ4v) is 3.90. The van der Waals surface area contributed by atoms with Gasteiger partial charge in [0.25, 0.3) is 0 Å². The molecule has 1 aromatic carbocycles. The van der Waals surface area contributed by atoms with E-state index in [2.05, 4.69) is 11.9 Å². The first kappa shape index (κ1) is 19.0. The normalized spacial score (nSPS) is 12.7. The van der Waals surface area contributed by atoms with E-state index >= 15 is 0 Å². The summed E-state index contributed by atoms with van der Waals surface area (Å²) in [6.45, 7) is 8.48. The topological polar surface area (TPSA) is 95.0 Å². The first-order chi connectivity index (χ1) is 11.0. The van der Waals surface area contributed by atoms with Crippen LogP contribution in [0, 0.1) is 5.41 Å². The molecule has 0 bridgehead atoms. The smallest absolute Gasteiger partial charge is 0.238 e. The predicted molar refractivity (Wildman–Crippen MR) is 96.6 cm³/mol. The number of benzene rings is 1. The highest BCUT2D eigenvalue weighted by Gasteiger charge is 2.22. The summed E-state index contributed by atoms with van der Waals surface area (Å²) < 4.78 is 25.0. The van der Waals surface area contributed by atoms with Gasteiger partial charge >= 0.3 is 0 Å². The van der Waals surface area contributed by atoms with Crippen molar-refractivity contribution in [3.63, 3.8) is 0 Å². The van der Waals surface area contributed by atoms with Crippen molar-refractivity contribution in [2.45, 2.75) is 50.7 Å². The zero-order chi connectivity index (χ0) is 18.1. The standard InChI is InChI=1S/C16H23N3O3S2/c1-5-8-19-13-7-6-11(24(17,21)22)9-12(13)18-15(19)23-10-14(20)16(2,3)4/h6-7,9H,5,8,10H2,1-4H3,(H2,17,21,22). The van der Waals surface area contributed by atoms with Crippen molar-refractivity contribution in [1.29, 1.82) is 0 Å². The van der Waals surface area contributed by atoms with Gasteiger partial charge in [0.2, 0.25) is 10.0 Å². The molecule has 0 amide bonds. The van der Waals surface area contributed by atoms with Crippen molar-refractivity contribution in [3.05, 3.63) is 18.2 Å². The molecule has 1 heterocycles. The molecule has 24 heavy (non-hydrogen) atoms. The Morgan fingerprint density at radius 3 is 2.54 bits per heavy atom. The molecule has 2 N–H and O–H groups in total. The molecule has 0 aliphatic carbocycles. The van der Waals surface area contributed by atoms with E-state index in [1.807, 2.05) is 25.3 Å². The second kappa shape index (κ2) is 6.85. The molecular weight excluding hydrogens is 346 g/mol. The highest BCUT2D eigenvalue weighted by Crippen LogP contribution is 2.28. The molecule has 132 valence electrons. The maximum atomic E-state index is 12.2. The van der Waals surface area contributed by atoms with Gasteiger partial charge in [-0.15, -0.1) is 0 Å². The van der Waals surface area contributed by atoms with Crippen LogP contribution in [0.2, 0.25) is 0 Å². The molecule has 1 aromatic heterocycles. The summed E-state index contributed by atoms with van der Waals surface area (Å²) in [7, 11) is -3.77. The third-order valence-electron chi connectivity index (χ3n) is 3.63. The van der Waals surface area contributed by atoms with Gasteiger partial charge in [0.1, 0.15) is 5.78 Å². The molecule has 0 saturated carbocycles. The zero-order valence-electron chi connectivity index (χ0n) is 14.4. The minimum atomic E-state index is -3.77. The second-order valence-electron chi connectivity index (χ2n) is 6.70. The largest absolute Gasteiger partial charge is 0.319 e. The number of Topliss-reactive ketones (excluding diaryl/α,β-unsaturated/α-hetero) is 1. The Bertz CT molecular complexity index is 865. The Balaban J connectivity index is 2.41. The molecule has 0 spiro atoms. The van der Waals surface area contributed by atoms with Gasteiger partial charge in [-0.3, -0.25) is 4.79 Å². The Kier molecular flexibility index (Phi) is 5.41. The van der Waals surface area contributed by atoms with E-state index in [4.69, 9.17) is 5.14 Å². The number of ketones is 1. The lowest BCUT2D eigenvalue weighted by Gasteiger charge is -2.16. The van der Waals surface area contributed by atoms with Crippen molar-refractivity contribution in [2.24, 2.45) is 10.6 Å². The monoisotopic (exact) mass is 369 g/mol. The summed E-state index contributed by atoms with van der Waals surface area (Å²) in [6.07, 6.45) is 0.906. The van der Waals surface area contributed by atoms with Gasteiger partial charge in [0.15, 0.2) is 5.16 Å². The Morgan fingerprint density at radius 1 is 1.33 bits per heavy atom. The van der Waals surface area contributed by atoms with E-state index < -0.39 is 15.4 Å². The number of imidazole rings is 1. The zero-order valence-corrected chi connectivity index (χ0v) is 16.0. The SMILES string of the molecule is CCCn1c(SCC(=O)C(C)(C)C)nc2cc(S(N)(=O)=O)ccc21. The number of rotatable bonds is 6. The van der Waals surface area contributed by atoms with Crippen molar-refractivity contribution >= 4 is 38.6 Å². The average molecular weight is 370 g/mol. The number of fused-ring (bicyclic) bond motifs is 1. The first-order valence-electron chi connectivity index (χ1n) is 7.73. The van der Waals surface area contributed by atoms with Gasteiger partial charge in [0, 0.05) is 12.0 Å². The Morgan fingerprint density at radius 2 is 2.00 bits per heavy atom. The molecule has 6 nitrogen and oxygen atoms in total. The summed E-state index contributed by atoms with van der Waals surface area (Å²) in [5, 5.41) is 5.90. The van der Waals surface area contributed by atoms with Gasteiger partial charge in [-0.2, -0.15) is 0 Å². The van der Waals surface area contributed by atoms with Gasteiger partial charge in [0.05, 0.1) is 21.7 Å². The van der Waals surface area contributed by atoms with Crippen molar-refractivity contribution < 1.29 is 13.2 Å². The number of primary sulfonamides is 1. The van der Waals surface area contributed by atoms with Crippen molar-refractivity contribution in [1.82, 2.24) is 9.55 Å². The van der Waals surface area contributed by atoms with Crippen LogP contribution >= 0.6 is 11.8 Å². The lowest BCUT2D eigenvalue weighted by atomic mass is 9.92. The number of carbonyl (C=O) groups is 1. The summed E-state index contributed by atoms with van der Waals surface area (Å²) in [4.78, 5) is 16.7. The molecule has 0 radical (unpaired) electrons. The number of thioether (sulfide) groups is 1. The lowest BCUT2D eigenvalue weighted by molar-refractivity contribution is -0.123. The van der Waals surface area contributed by atoms with Crippen molar-refractivity contribution in [3.8, 4) is 0 Å². The highest BCUT2D eigenvalue weighted by molar-refractivity contribution is 7.99. The molecule has 0 aliphatic rings. The highest BCUT2D eigenvalue weighted by atomic mass is 32.2. The second-order valence-corrected chi connectivity index (χ2v) is 9.21. The number of sulfonamides is 1. The lowest BCUT2D eigenvalue weighted by Crippen LogP contribution is -2.22. The van der Waals surface area contributed by atoms with E-state index in [0.717, 1.165) is 23.6 Å². The Hall–Kier alpha value is -1.38. The summed E-state index contributed by atoms with van der Waals surface area (Å²) in [5.74, 6) is 0.478. The van der Waals surface area contributed by atoms with Crippen LogP contribution in [0.15, 0.2) is 28.3 Å². The average Bonchev–Trinajstić information content (AvgIpc) is 2.80. The minimum Gasteiger partial charge on any atom is -0.319 e. The number of hydrogen-bond donors (Lipinski definition) is 1. The molecular formula is C16H23N3O3S2. The molecule has 2 aromatic rings. The van der Waals surface area contributed by atoms with E-state index in [0.29, 0.717) is 11.3 Å². The van der Waals surface area contributed by atoms with Crippen LogP contribution in [0.25, 0.3) is 11.0 Å². The van der Waals surface area contributed by atoms with Crippen LogP contribution in [0.1, 0.15) is 34.1 Å². The number of nitrogens with two attached hydrogens (primary N) is 1. The Labute approximate surface area is 146 Å². The maximum Gasteiger partial charge on any atom is 0.238 e. The van der Waals surface area contributed by atoms with Crippen LogP contribution in [0.5, 0.6) is 0 Å². The summed E-state index contributed by atoms with van der Waals surface area (Å²) >= 11 is 1.38. The molecule has 8 heteroatoms. The summed E-state index contributed by atoms with van der Waals surface area (Å²) in [5.41, 5.74) is 1.02. The fourth-order valence-electron chi connectivity index (χ4n) is 2.16. The third kappa shape index (κ3) is 4.17. The van der Waals surface area contributed by atoms with E-state index in [-0.39, 0.29) is 10.7 Å².